The number of fused-ring (bicyclic) bond motifs is 1. The number of aromatic nitrogens is 1. The number of halogens is 2. The second-order valence-electron chi connectivity index (χ2n) is 9.54. The molecule has 3 aromatic carbocycles. The third-order valence-corrected chi connectivity index (χ3v) is 9.38. The number of furan rings is 1. The average molecular weight is 648 g/mol. The van der Waals surface area contributed by atoms with E-state index in [2.05, 4.69) is 0 Å². The number of carbonyl (C=O) groups excluding carboxylic acids is 1. The van der Waals surface area contributed by atoms with Crippen molar-refractivity contribution in [1.82, 2.24) is 4.57 Å². The van der Waals surface area contributed by atoms with E-state index >= 15 is 0 Å². The van der Waals surface area contributed by atoms with E-state index in [1.807, 2.05) is 73.0 Å². The number of hydrogen-bond acceptors (Lipinski definition) is 7. The molecule has 0 bridgehead atoms. The molecule has 0 N–H and O–H groups in total. The Hall–Kier alpha value is -3.82. The van der Waals surface area contributed by atoms with Crippen molar-refractivity contribution >= 4 is 64.0 Å². The summed E-state index contributed by atoms with van der Waals surface area (Å²) in [6.45, 7) is 1.94. The molecule has 0 aliphatic carbocycles. The van der Waals surface area contributed by atoms with E-state index in [4.69, 9.17) is 37.3 Å². The number of nitrogens with zero attached hydrogens (tertiary/aromatic N) is 2. The summed E-state index contributed by atoms with van der Waals surface area (Å²) >= 11 is 15.1. The van der Waals surface area contributed by atoms with E-state index in [0.717, 1.165) is 21.6 Å². The highest BCUT2D eigenvalue weighted by molar-refractivity contribution is 7.98. The normalized spacial score (nSPS) is 14.9. The molecular formula is C33H24Cl2N2O4S2. The van der Waals surface area contributed by atoms with Crippen LogP contribution in [0.1, 0.15) is 29.9 Å². The van der Waals surface area contributed by atoms with E-state index < -0.39 is 12.0 Å². The second kappa shape index (κ2) is 12.4. The molecule has 0 fully saturated rings. The summed E-state index contributed by atoms with van der Waals surface area (Å²) in [5.74, 6) is 0.552. The van der Waals surface area contributed by atoms with Gasteiger partial charge in [0.25, 0.3) is 5.56 Å². The third-order valence-electron chi connectivity index (χ3n) is 6.91. The fourth-order valence-electron chi connectivity index (χ4n) is 4.91. The maximum Gasteiger partial charge on any atom is 0.338 e. The summed E-state index contributed by atoms with van der Waals surface area (Å²) in [6, 6.07) is 25.4. The largest absolute Gasteiger partial charge is 0.463 e. The lowest BCUT2D eigenvalue weighted by atomic mass is 9.93. The lowest BCUT2D eigenvalue weighted by Crippen LogP contribution is -2.40. The monoisotopic (exact) mass is 646 g/mol. The zero-order valence-electron chi connectivity index (χ0n) is 23.0. The van der Waals surface area contributed by atoms with Crippen LogP contribution in [-0.4, -0.2) is 23.4 Å². The summed E-state index contributed by atoms with van der Waals surface area (Å²) in [5, 5.41) is 0.871. The van der Waals surface area contributed by atoms with Crippen LogP contribution in [0.5, 0.6) is 0 Å². The Bertz CT molecular complexity index is 2040. The zero-order valence-corrected chi connectivity index (χ0v) is 26.2. The van der Waals surface area contributed by atoms with Crippen molar-refractivity contribution in [2.75, 3.05) is 12.9 Å². The van der Waals surface area contributed by atoms with Gasteiger partial charge in [-0.2, -0.15) is 0 Å². The summed E-state index contributed by atoms with van der Waals surface area (Å²) in [5.41, 5.74) is 2.79. The Morgan fingerprint density at radius 2 is 1.79 bits per heavy atom. The van der Waals surface area contributed by atoms with Crippen molar-refractivity contribution < 1.29 is 13.9 Å². The van der Waals surface area contributed by atoms with Gasteiger partial charge < -0.3 is 9.15 Å². The number of benzene rings is 3. The highest BCUT2D eigenvalue weighted by Crippen LogP contribution is 2.36. The van der Waals surface area contributed by atoms with Gasteiger partial charge in [-0.15, -0.1) is 11.8 Å². The summed E-state index contributed by atoms with van der Waals surface area (Å²) in [7, 11) is 0. The van der Waals surface area contributed by atoms with Crippen LogP contribution in [-0.2, 0) is 9.53 Å². The molecule has 1 aliphatic heterocycles. The first kappa shape index (κ1) is 29.3. The van der Waals surface area contributed by atoms with E-state index in [1.165, 1.54) is 11.3 Å². The van der Waals surface area contributed by atoms with Gasteiger partial charge in [-0.05, 0) is 61.2 Å². The average Bonchev–Trinajstić information content (AvgIpc) is 3.62. The predicted molar refractivity (Wildman–Crippen MR) is 173 cm³/mol. The summed E-state index contributed by atoms with van der Waals surface area (Å²) < 4.78 is 13.6. The highest BCUT2D eigenvalue weighted by atomic mass is 35.5. The fourth-order valence-corrected chi connectivity index (χ4v) is 6.59. The maximum absolute atomic E-state index is 14.1. The number of ether oxygens (including phenoxy) is 1. The molecule has 10 heteroatoms. The molecule has 216 valence electrons. The van der Waals surface area contributed by atoms with Crippen LogP contribution in [0.3, 0.4) is 0 Å². The van der Waals surface area contributed by atoms with E-state index in [-0.39, 0.29) is 12.2 Å². The van der Waals surface area contributed by atoms with Crippen molar-refractivity contribution in [2.24, 2.45) is 4.99 Å². The van der Waals surface area contributed by atoms with Gasteiger partial charge in [0.2, 0.25) is 0 Å². The van der Waals surface area contributed by atoms with Gasteiger partial charge in [-0.3, -0.25) is 9.36 Å². The molecule has 1 aliphatic rings. The minimum absolute atomic E-state index is 0.187. The van der Waals surface area contributed by atoms with Gasteiger partial charge in [-0.25, -0.2) is 9.79 Å². The SMILES string of the molecule is CCOC(=O)C1=C(c2ccccc2)N=c2s/c(=C\c3ccc(-c4ccc(Cl)c(Cl)c4)o3)c(=O)n2[C@@H]1c1ccc(SC)cc1. The number of hydrogen-bond donors (Lipinski definition) is 0. The smallest absolute Gasteiger partial charge is 0.338 e. The van der Waals surface area contributed by atoms with Crippen molar-refractivity contribution in [2.45, 2.75) is 17.9 Å². The number of esters is 1. The van der Waals surface area contributed by atoms with Crippen molar-refractivity contribution in [3.05, 3.63) is 137 Å². The molecule has 6 nitrogen and oxygen atoms in total. The first-order chi connectivity index (χ1) is 20.9. The number of thioether (sulfide) groups is 1. The van der Waals surface area contributed by atoms with E-state index in [0.29, 0.717) is 42.2 Å². The minimum atomic E-state index is -0.744. The lowest BCUT2D eigenvalue weighted by molar-refractivity contribution is -0.138. The van der Waals surface area contributed by atoms with Crippen molar-refractivity contribution in [3.63, 3.8) is 0 Å². The molecule has 0 unspecified atom stereocenters. The van der Waals surface area contributed by atoms with Gasteiger partial charge in [0.15, 0.2) is 4.80 Å². The molecule has 2 aromatic heterocycles. The summed E-state index contributed by atoms with van der Waals surface area (Å²) in [6.07, 6.45) is 3.69. The molecule has 6 rings (SSSR count). The molecule has 5 aromatic rings. The van der Waals surface area contributed by atoms with Crippen molar-refractivity contribution in [3.8, 4) is 11.3 Å². The van der Waals surface area contributed by atoms with Crippen LogP contribution in [0.25, 0.3) is 23.1 Å². The van der Waals surface area contributed by atoms with Crippen LogP contribution in [0.2, 0.25) is 10.0 Å². The molecule has 0 saturated heterocycles. The number of rotatable bonds is 7. The number of carbonyl (C=O) groups is 1. The Morgan fingerprint density at radius 3 is 2.49 bits per heavy atom. The minimum Gasteiger partial charge on any atom is -0.463 e. The Morgan fingerprint density at radius 1 is 1.02 bits per heavy atom. The third kappa shape index (κ3) is 5.76. The lowest BCUT2D eigenvalue weighted by Gasteiger charge is -2.26. The van der Waals surface area contributed by atoms with Crippen LogP contribution in [0.15, 0.2) is 110 Å². The number of thiazole rings is 1. The standard InChI is InChI=1S/C33H24Cl2N2O4S2/c1-3-40-32(39)28-29(19-7-5-4-6-8-19)36-33-37(30(28)20-9-13-23(42-2)14-10-20)31(38)27(43-33)18-22-12-16-26(41-22)21-11-15-24(34)25(35)17-21/h4-18,30H,3H2,1-2H3/b27-18-/t30-/m1/s1. The van der Waals surface area contributed by atoms with Gasteiger partial charge >= 0.3 is 5.97 Å². The molecular weight excluding hydrogens is 623 g/mol. The van der Waals surface area contributed by atoms with Crippen molar-refractivity contribution in [1.29, 1.82) is 0 Å². The molecule has 0 spiro atoms. The molecule has 3 heterocycles. The summed E-state index contributed by atoms with van der Waals surface area (Å²) in [4.78, 5) is 34.1. The van der Waals surface area contributed by atoms with E-state index in [1.54, 1.807) is 47.5 Å². The van der Waals surface area contributed by atoms with Crippen LogP contribution in [0.4, 0.5) is 0 Å². The fraction of sp³-hybridized carbons (Fsp3) is 0.121. The Kier molecular flexibility index (Phi) is 8.45. The van der Waals surface area contributed by atoms with Crippen LogP contribution in [0, 0.1) is 0 Å². The molecule has 0 radical (unpaired) electrons. The molecule has 1 atom stereocenters. The Labute approximate surface area is 265 Å². The first-order valence-corrected chi connectivity index (χ1v) is 16.2. The quantitative estimate of drug-likeness (QED) is 0.138. The van der Waals surface area contributed by atoms with Crippen LogP contribution >= 0.6 is 46.3 Å². The molecule has 0 saturated carbocycles. The van der Waals surface area contributed by atoms with Crippen LogP contribution < -0.4 is 14.9 Å². The second-order valence-corrected chi connectivity index (χ2v) is 12.2. The Balaban J connectivity index is 1.55. The van der Waals surface area contributed by atoms with Gasteiger partial charge in [0, 0.05) is 22.1 Å². The van der Waals surface area contributed by atoms with Gasteiger partial charge in [-0.1, -0.05) is 77.0 Å². The first-order valence-electron chi connectivity index (χ1n) is 13.4. The predicted octanol–water partition coefficient (Wildman–Crippen LogP) is 7.22. The van der Waals surface area contributed by atoms with Gasteiger partial charge in [0.05, 0.1) is 38.5 Å². The van der Waals surface area contributed by atoms with Gasteiger partial charge in [0.1, 0.15) is 11.5 Å². The molecule has 0 amide bonds. The zero-order chi connectivity index (χ0) is 30.1. The van der Waals surface area contributed by atoms with E-state index in [9.17, 15) is 9.59 Å². The topological polar surface area (TPSA) is 73.8 Å². The highest BCUT2D eigenvalue weighted by Gasteiger charge is 2.35. The molecule has 43 heavy (non-hydrogen) atoms. The maximum atomic E-state index is 14.1.